The zero-order chi connectivity index (χ0) is 13.7. The van der Waals surface area contributed by atoms with E-state index in [-0.39, 0.29) is 11.8 Å². The molecule has 3 heteroatoms. The molecule has 0 saturated heterocycles. The van der Waals surface area contributed by atoms with Gasteiger partial charge in [0.05, 0.1) is 0 Å². The van der Waals surface area contributed by atoms with Crippen molar-refractivity contribution >= 4 is 5.91 Å². The van der Waals surface area contributed by atoms with Crippen molar-refractivity contribution < 1.29 is 4.79 Å². The van der Waals surface area contributed by atoms with Crippen LogP contribution in [0.5, 0.6) is 0 Å². The van der Waals surface area contributed by atoms with Crippen molar-refractivity contribution in [3.8, 4) is 0 Å². The van der Waals surface area contributed by atoms with Crippen molar-refractivity contribution in [1.29, 1.82) is 0 Å². The van der Waals surface area contributed by atoms with Crippen LogP contribution in [0.1, 0.15) is 71.1 Å². The number of nitrogens with one attached hydrogen (secondary N) is 1. The Balaban J connectivity index is 1.72. The Bertz CT molecular complexity index is 284. The molecule has 0 aromatic carbocycles. The Morgan fingerprint density at radius 3 is 2.26 bits per heavy atom. The van der Waals surface area contributed by atoms with Gasteiger partial charge < -0.3 is 11.1 Å². The van der Waals surface area contributed by atoms with Crippen LogP contribution in [0.3, 0.4) is 0 Å². The summed E-state index contributed by atoms with van der Waals surface area (Å²) in [5.41, 5.74) is 5.39. The second-order valence-electron chi connectivity index (χ2n) is 6.60. The number of hydrogen-bond acceptors (Lipinski definition) is 2. The molecule has 0 heterocycles. The molecule has 0 bridgehead atoms. The third kappa shape index (κ3) is 4.48. The molecule has 2 unspecified atom stereocenters. The summed E-state index contributed by atoms with van der Waals surface area (Å²) in [6, 6.07) is 1.34. The highest BCUT2D eigenvalue weighted by atomic mass is 16.1. The summed E-state index contributed by atoms with van der Waals surface area (Å²) in [5.74, 6) is 0.993. The Kier molecular flexibility index (Phi) is 5.68. The molecule has 19 heavy (non-hydrogen) atoms. The number of primary amides is 1. The SMILES string of the molecule is CCC1CCCC(NC2CCC(C(N)=O)CC2)CC1. The lowest BCUT2D eigenvalue weighted by molar-refractivity contribution is -0.122. The van der Waals surface area contributed by atoms with Crippen LogP contribution < -0.4 is 11.1 Å². The fourth-order valence-electron chi connectivity index (χ4n) is 3.83. The molecule has 2 rings (SSSR count). The first kappa shape index (κ1) is 14.8. The van der Waals surface area contributed by atoms with Gasteiger partial charge in [0.15, 0.2) is 0 Å². The molecule has 0 radical (unpaired) electrons. The van der Waals surface area contributed by atoms with Gasteiger partial charge in [-0.05, 0) is 50.9 Å². The highest BCUT2D eigenvalue weighted by Crippen LogP contribution is 2.28. The maximum absolute atomic E-state index is 11.2. The van der Waals surface area contributed by atoms with Gasteiger partial charge in [-0.15, -0.1) is 0 Å². The van der Waals surface area contributed by atoms with E-state index in [0.717, 1.165) is 31.6 Å². The Morgan fingerprint density at radius 1 is 1.00 bits per heavy atom. The summed E-state index contributed by atoms with van der Waals surface area (Å²) in [5, 5.41) is 3.85. The quantitative estimate of drug-likeness (QED) is 0.769. The fraction of sp³-hybridized carbons (Fsp3) is 0.938. The lowest BCUT2D eigenvalue weighted by atomic mass is 9.85. The highest BCUT2D eigenvalue weighted by Gasteiger charge is 2.26. The smallest absolute Gasteiger partial charge is 0.220 e. The van der Waals surface area contributed by atoms with Gasteiger partial charge in [-0.3, -0.25) is 4.79 Å². The van der Waals surface area contributed by atoms with Crippen molar-refractivity contribution in [1.82, 2.24) is 5.32 Å². The highest BCUT2D eigenvalue weighted by molar-refractivity contribution is 5.76. The molecule has 0 aromatic rings. The van der Waals surface area contributed by atoms with Gasteiger partial charge in [-0.25, -0.2) is 0 Å². The Labute approximate surface area is 117 Å². The van der Waals surface area contributed by atoms with Crippen LogP contribution in [-0.2, 0) is 4.79 Å². The number of carbonyl (C=O) groups excluding carboxylic acids is 1. The number of hydrogen-bond donors (Lipinski definition) is 2. The molecule has 0 spiro atoms. The van der Waals surface area contributed by atoms with Crippen LogP contribution in [0, 0.1) is 11.8 Å². The maximum Gasteiger partial charge on any atom is 0.220 e. The lowest BCUT2D eigenvalue weighted by Crippen LogP contribution is -2.41. The van der Waals surface area contributed by atoms with E-state index >= 15 is 0 Å². The van der Waals surface area contributed by atoms with Crippen LogP contribution in [-0.4, -0.2) is 18.0 Å². The minimum absolute atomic E-state index is 0.0984. The van der Waals surface area contributed by atoms with Crippen molar-refractivity contribution in [3.05, 3.63) is 0 Å². The standard InChI is InChI=1S/C16H30N2O/c1-2-12-4-3-5-14(9-6-12)18-15-10-7-13(8-11-15)16(17)19/h12-15,18H,2-11H2,1H3,(H2,17,19). The zero-order valence-corrected chi connectivity index (χ0v) is 12.4. The third-order valence-corrected chi connectivity index (χ3v) is 5.27. The second kappa shape index (κ2) is 7.28. The number of amides is 1. The van der Waals surface area contributed by atoms with E-state index in [1.54, 1.807) is 0 Å². The van der Waals surface area contributed by atoms with Crippen molar-refractivity contribution in [2.75, 3.05) is 0 Å². The first-order chi connectivity index (χ1) is 9.19. The fourth-order valence-corrected chi connectivity index (χ4v) is 3.83. The molecule has 3 nitrogen and oxygen atoms in total. The van der Waals surface area contributed by atoms with Crippen LogP contribution in [0.15, 0.2) is 0 Å². The molecule has 3 N–H and O–H groups in total. The van der Waals surface area contributed by atoms with Gasteiger partial charge >= 0.3 is 0 Å². The van der Waals surface area contributed by atoms with E-state index in [1.165, 1.54) is 38.5 Å². The molecular formula is C16H30N2O. The predicted octanol–water partition coefficient (Wildman–Crippen LogP) is 2.98. The van der Waals surface area contributed by atoms with E-state index in [4.69, 9.17) is 5.73 Å². The molecule has 2 saturated carbocycles. The van der Waals surface area contributed by atoms with E-state index in [0.29, 0.717) is 12.1 Å². The summed E-state index contributed by atoms with van der Waals surface area (Å²) < 4.78 is 0. The lowest BCUT2D eigenvalue weighted by Gasteiger charge is -2.31. The predicted molar refractivity (Wildman–Crippen MR) is 78.7 cm³/mol. The molecule has 2 fully saturated rings. The van der Waals surface area contributed by atoms with Crippen LogP contribution in [0.25, 0.3) is 0 Å². The average molecular weight is 266 g/mol. The largest absolute Gasteiger partial charge is 0.369 e. The van der Waals surface area contributed by atoms with Crippen LogP contribution in [0.4, 0.5) is 0 Å². The number of rotatable bonds is 4. The van der Waals surface area contributed by atoms with Gasteiger partial charge in [-0.1, -0.05) is 26.2 Å². The molecule has 2 aliphatic carbocycles. The first-order valence-corrected chi connectivity index (χ1v) is 8.24. The number of nitrogens with two attached hydrogens (primary N) is 1. The third-order valence-electron chi connectivity index (χ3n) is 5.27. The molecule has 110 valence electrons. The topological polar surface area (TPSA) is 55.1 Å². The summed E-state index contributed by atoms with van der Waals surface area (Å²) >= 11 is 0. The maximum atomic E-state index is 11.2. The Morgan fingerprint density at radius 2 is 1.63 bits per heavy atom. The molecule has 2 aliphatic rings. The van der Waals surface area contributed by atoms with E-state index in [9.17, 15) is 4.79 Å². The molecular weight excluding hydrogens is 236 g/mol. The summed E-state index contributed by atoms with van der Waals surface area (Å²) in [4.78, 5) is 11.2. The van der Waals surface area contributed by atoms with Crippen molar-refractivity contribution in [2.24, 2.45) is 17.6 Å². The summed E-state index contributed by atoms with van der Waals surface area (Å²) in [6.07, 6.45) is 12.4. The minimum Gasteiger partial charge on any atom is -0.369 e. The monoisotopic (exact) mass is 266 g/mol. The van der Waals surface area contributed by atoms with Crippen LogP contribution in [0.2, 0.25) is 0 Å². The Hall–Kier alpha value is -0.570. The molecule has 0 aromatic heterocycles. The second-order valence-corrected chi connectivity index (χ2v) is 6.60. The summed E-state index contributed by atoms with van der Waals surface area (Å²) in [7, 11) is 0. The van der Waals surface area contributed by atoms with Crippen LogP contribution >= 0.6 is 0 Å². The number of carbonyl (C=O) groups is 1. The van der Waals surface area contributed by atoms with Gasteiger partial charge in [0, 0.05) is 18.0 Å². The first-order valence-electron chi connectivity index (χ1n) is 8.24. The summed E-state index contributed by atoms with van der Waals surface area (Å²) in [6.45, 7) is 2.32. The molecule has 0 aliphatic heterocycles. The van der Waals surface area contributed by atoms with Gasteiger partial charge in [0.25, 0.3) is 0 Å². The molecule has 1 amide bonds. The zero-order valence-electron chi connectivity index (χ0n) is 12.4. The normalized spacial score (nSPS) is 36.7. The van der Waals surface area contributed by atoms with E-state index in [2.05, 4.69) is 12.2 Å². The van der Waals surface area contributed by atoms with E-state index < -0.39 is 0 Å². The minimum atomic E-state index is -0.0984. The van der Waals surface area contributed by atoms with E-state index in [1.807, 2.05) is 0 Å². The van der Waals surface area contributed by atoms with Gasteiger partial charge in [0.1, 0.15) is 0 Å². The van der Waals surface area contributed by atoms with Gasteiger partial charge in [0.2, 0.25) is 5.91 Å². The van der Waals surface area contributed by atoms with Crippen molar-refractivity contribution in [2.45, 2.75) is 83.2 Å². The average Bonchev–Trinajstić information content (AvgIpc) is 2.64. The molecule has 2 atom stereocenters. The van der Waals surface area contributed by atoms with Crippen molar-refractivity contribution in [3.63, 3.8) is 0 Å². The van der Waals surface area contributed by atoms with Gasteiger partial charge in [-0.2, -0.15) is 0 Å².